The van der Waals surface area contributed by atoms with E-state index >= 15 is 0 Å². The first-order chi connectivity index (χ1) is 11.8. The molecule has 0 aromatic heterocycles. The van der Waals surface area contributed by atoms with Gasteiger partial charge in [-0.3, -0.25) is 5.11 Å². The minimum atomic E-state index is 0.00167. The first kappa shape index (κ1) is 20.9. The van der Waals surface area contributed by atoms with Gasteiger partial charge in [0.05, 0.1) is 6.61 Å². The van der Waals surface area contributed by atoms with Gasteiger partial charge in [0, 0.05) is 0 Å². The number of hydrogen-bond donors (Lipinski definition) is 0. The van der Waals surface area contributed by atoms with Crippen molar-refractivity contribution in [1.82, 2.24) is 0 Å². The lowest BCUT2D eigenvalue weighted by atomic mass is 9.95. The van der Waals surface area contributed by atoms with E-state index in [9.17, 15) is 5.11 Å². The van der Waals surface area contributed by atoms with Crippen molar-refractivity contribution in [2.75, 3.05) is 6.61 Å². The Bertz CT molecular complexity index is 403. The van der Waals surface area contributed by atoms with Gasteiger partial charge in [-0.1, -0.05) is 90.2 Å². The lowest BCUT2D eigenvalue weighted by Crippen LogP contribution is -2.12. The van der Waals surface area contributed by atoms with E-state index in [1.165, 1.54) is 77.0 Å². The highest BCUT2D eigenvalue weighted by atomic mass is 16.5. The number of benzene rings is 1. The zero-order valence-corrected chi connectivity index (χ0v) is 15.9. The molecule has 1 radical (unpaired) electrons. The van der Waals surface area contributed by atoms with Gasteiger partial charge in [0.25, 0.3) is 0 Å². The van der Waals surface area contributed by atoms with Gasteiger partial charge in [-0.2, -0.15) is 0 Å². The quantitative estimate of drug-likeness (QED) is 0.305. The van der Waals surface area contributed by atoms with E-state index < -0.39 is 0 Å². The molecular formula is C22H37O2. The van der Waals surface area contributed by atoms with E-state index in [0.29, 0.717) is 18.3 Å². The summed E-state index contributed by atoms with van der Waals surface area (Å²) in [6, 6.07) is 7.02. The summed E-state index contributed by atoms with van der Waals surface area (Å²) in [5, 5.41) is 11.8. The molecule has 0 spiro atoms. The molecule has 0 heterocycles. The average Bonchev–Trinajstić information content (AvgIpc) is 2.60. The molecule has 2 nitrogen and oxygen atoms in total. The predicted molar refractivity (Wildman–Crippen MR) is 102 cm³/mol. The normalized spacial score (nSPS) is 12.2. The zero-order valence-electron chi connectivity index (χ0n) is 15.9. The van der Waals surface area contributed by atoms with Crippen LogP contribution in [0.3, 0.4) is 0 Å². The second-order valence-electron chi connectivity index (χ2n) is 7.03. The highest BCUT2D eigenvalue weighted by molar-refractivity contribution is 5.37. The Morgan fingerprint density at radius 1 is 0.792 bits per heavy atom. The summed E-state index contributed by atoms with van der Waals surface area (Å²) in [4.78, 5) is 0. The molecule has 0 aliphatic heterocycles. The fraction of sp³-hybridized carbons (Fsp3) is 0.727. The topological polar surface area (TPSA) is 29.1 Å². The van der Waals surface area contributed by atoms with E-state index in [4.69, 9.17) is 4.74 Å². The molecule has 0 N–H and O–H groups in total. The highest BCUT2D eigenvalue weighted by Gasteiger charge is 2.11. The van der Waals surface area contributed by atoms with Crippen molar-refractivity contribution in [3.8, 4) is 11.5 Å². The molecule has 1 atom stereocenters. The molecular weight excluding hydrogens is 296 g/mol. The first-order valence-corrected chi connectivity index (χ1v) is 10.2. The minimum absolute atomic E-state index is 0.00167. The van der Waals surface area contributed by atoms with Crippen LogP contribution in [0.5, 0.6) is 11.5 Å². The van der Waals surface area contributed by atoms with E-state index in [1.807, 2.05) is 6.07 Å². The van der Waals surface area contributed by atoms with Gasteiger partial charge < -0.3 is 4.74 Å². The van der Waals surface area contributed by atoms with Crippen molar-refractivity contribution in [3.63, 3.8) is 0 Å². The van der Waals surface area contributed by atoms with Gasteiger partial charge in [0.15, 0.2) is 5.75 Å². The fourth-order valence-corrected chi connectivity index (χ4v) is 3.16. The number of hydrogen-bond acceptors (Lipinski definition) is 1. The molecule has 0 fully saturated rings. The second-order valence-corrected chi connectivity index (χ2v) is 7.03. The van der Waals surface area contributed by atoms with Crippen molar-refractivity contribution < 1.29 is 9.84 Å². The summed E-state index contributed by atoms with van der Waals surface area (Å²) in [6.45, 7) is 5.21. The van der Waals surface area contributed by atoms with Crippen LogP contribution in [0.4, 0.5) is 0 Å². The van der Waals surface area contributed by atoms with Crippen LogP contribution >= 0.6 is 0 Å². The van der Waals surface area contributed by atoms with Gasteiger partial charge >= 0.3 is 0 Å². The van der Waals surface area contributed by atoms with Crippen molar-refractivity contribution >= 4 is 0 Å². The monoisotopic (exact) mass is 333 g/mol. The molecule has 2 heteroatoms. The van der Waals surface area contributed by atoms with Crippen LogP contribution in [-0.2, 0) is 5.11 Å². The molecule has 1 unspecified atom stereocenters. The molecule has 0 amide bonds. The van der Waals surface area contributed by atoms with Crippen LogP contribution in [0.15, 0.2) is 24.3 Å². The molecule has 0 saturated heterocycles. The molecule has 0 bridgehead atoms. The van der Waals surface area contributed by atoms with Crippen LogP contribution in [-0.4, -0.2) is 6.61 Å². The average molecular weight is 334 g/mol. The summed E-state index contributed by atoms with van der Waals surface area (Å²) in [5.41, 5.74) is 0. The third-order valence-corrected chi connectivity index (χ3v) is 4.76. The van der Waals surface area contributed by atoms with Crippen molar-refractivity contribution in [2.45, 2.75) is 90.9 Å². The number of para-hydroxylation sites is 2. The molecule has 1 aromatic carbocycles. The summed E-state index contributed by atoms with van der Waals surface area (Å²) in [7, 11) is 0. The zero-order chi connectivity index (χ0) is 17.5. The van der Waals surface area contributed by atoms with E-state index in [-0.39, 0.29) is 5.75 Å². The maximum absolute atomic E-state index is 11.8. The Kier molecular flexibility index (Phi) is 12.3. The molecule has 0 saturated carbocycles. The van der Waals surface area contributed by atoms with Crippen LogP contribution in [0.25, 0.3) is 0 Å². The molecule has 0 aliphatic rings. The Labute approximate surface area is 149 Å². The smallest absolute Gasteiger partial charge is 0.220 e. The standard InChI is InChI=1S/C22H37O2/c1-3-5-7-9-10-12-16-20(15-11-8-6-4-2)19-24-22-18-14-13-17-21(22)23/h13-14,17-18,20H,3-12,15-16,19H2,1-2H3. The van der Waals surface area contributed by atoms with Gasteiger partial charge in [-0.15, -0.1) is 0 Å². The van der Waals surface area contributed by atoms with Crippen LogP contribution in [0.2, 0.25) is 0 Å². The van der Waals surface area contributed by atoms with E-state index in [1.54, 1.807) is 18.2 Å². The van der Waals surface area contributed by atoms with Crippen molar-refractivity contribution in [3.05, 3.63) is 24.3 Å². The first-order valence-electron chi connectivity index (χ1n) is 10.2. The SMILES string of the molecule is CCCCCCCCC(CCCCCC)COc1ccccc1[O]. The number of ether oxygens (including phenoxy) is 1. The van der Waals surface area contributed by atoms with Crippen LogP contribution < -0.4 is 4.74 Å². The van der Waals surface area contributed by atoms with Crippen molar-refractivity contribution in [2.24, 2.45) is 5.92 Å². The number of rotatable bonds is 15. The van der Waals surface area contributed by atoms with Gasteiger partial charge in [0.1, 0.15) is 0 Å². The Hall–Kier alpha value is -1.18. The summed E-state index contributed by atoms with van der Waals surface area (Å²) in [5.74, 6) is 1.11. The lowest BCUT2D eigenvalue weighted by molar-refractivity contribution is 0.211. The third-order valence-electron chi connectivity index (χ3n) is 4.76. The minimum Gasteiger partial charge on any atom is -0.489 e. The molecule has 1 aromatic rings. The lowest BCUT2D eigenvalue weighted by Gasteiger charge is -2.18. The summed E-state index contributed by atoms with van der Waals surface area (Å²) < 4.78 is 5.84. The maximum Gasteiger partial charge on any atom is 0.220 e. The Balaban J connectivity index is 2.32. The Morgan fingerprint density at radius 2 is 1.33 bits per heavy atom. The molecule has 24 heavy (non-hydrogen) atoms. The summed E-state index contributed by atoms with van der Waals surface area (Å²) in [6.07, 6.45) is 15.7. The molecule has 0 aliphatic carbocycles. The van der Waals surface area contributed by atoms with E-state index in [0.717, 1.165) is 0 Å². The predicted octanol–water partition coefficient (Wildman–Crippen LogP) is 7.55. The van der Waals surface area contributed by atoms with Crippen LogP contribution in [0.1, 0.15) is 90.9 Å². The highest BCUT2D eigenvalue weighted by Crippen LogP contribution is 2.27. The summed E-state index contributed by atoms with van der Waals surface area (Å²) >= 11 is 0. The number of unbranched alkanes of at least 4 members (excludes halogenated alkanes) is 8. The molecule has 137 valence electrons. The largest absolute Gasteiger partial charge is 0.489 e. The van der Waals surface area contributed by atoms with Crippen LogP contribution in [0, 0.1) is 5.92 Å². The fourth-order valence-electron chi connectivity index (χ4n) is 3.16. The van der Waals surface area contributed by atoms with Gasteiger partial charge in [0.2, 0.25) is 5.75 Å². The molecule has 1 rings (SSSR count). The van der Waals surface area contributed by atoms with E-state index in [2.05, 4.69) is 13.8 Å². The maximum atomic E-state index is 11.8. The van der Waals surface area contributed by atoms with Gasteiger partial charge in [-0.05, 0) is 30.9 Å². The van der Waals surface area contributed by atoms with Crippen molar-refractivity contribution in [1.29, 1.82) is 0 Å². The third kappa shape index (κ3) is 9.85. The Morgan fingerprint density at radius 3 is 1.96 bits per heavy atom. The second kappa shape index (κ2) is 14.2. The van der Waals surface area contributed by atoms with Gasteiger partial charge in [-0.25, -0.2) is 0 Å².